The molecule has 2 rings (SSSR count). The van der Waals surface area contributed by atoms with Gasteiger partial charge in [0.2, 0.25) is 0 Å². The van der Waals surface area contributed by atoms with Crippen molar-refractivity contribution < 1.29 is 27.5 Å². The molecule has 1 fully saturated rings. The Balaban J connectivity index is 2.25. The smallest absolute Gasteiger partial charge is 0.416 e. The lowest BCUT2D eigenvalue weighted by molar-refractivity contribution is -0.150. The number of alkyl halides is 3. The van der Waals surface area contributed by atoms with Gasteiger partial charge >= 0.3 is 12.1 Å². The van der Waals surface area contributed by atoms with Gasteiger partial charge in [0.1, 0.15) is 11.2 Å². The molecule has 0 N–H and O–H groups in total. The summed E-state index contributed by atoms with van der Waals surface area (Å²) in [5.74, 6) is -0.912. The molecule has 1 saturated heterocycles. The minimum absolute atomic E-state index is 0.0688. The van der Waals surface area contributed by atoms with Gasteiger partial charge in [0.25, 0.3) is 0 Å². The molecule has 1 heterocycles. The fourth-order valence-electron chi connectivity index (χ4n) is 2.32. The maximum Gasteiger partial charge on any atom is 0.416 e. The van der Waals surface area contributed by atoms with Crippen molar-refractivity contribution in [2.45, 2.75) is 25.9 Å². The maximum atomic E-state index is 12.5. The van der Waals surface area contributed by atoms with Gasteiger partial charge in [-0.1, -0.05) is 12.1 Å². The van der Waals surface area contributed by atoms with Crippen LogP contribution in [0.1, 0.15) is 24.5 Å². The first kappa shape index (κ1) is 14.6. The zero-order valence-electron chi connectivity index (χ0n) is 10.8. The molecule has 1 aromatic rings. The average molecular weight is 286 g/mol. The van der Waals surface area contributed by atoms with Crippen molar-refractivity contribution in [1.29, 1.82) is 0 Å². The number of ether oxygens (including phenoxy) is 1. The van der Waals surface area contributed by atoms with E-state index >= 15 is 0 Å². The molecular formula is C14H13F3O3. The second-order valence-corrected chi connectivity index (χ2v) is 4.90. The lowest BCUT2D eigenvalue weighted by atomic mass is 9.77. The highest BCUT2D eigenvalue weighted by Crippen LogP contribution is 2.36. The molecule has 0 spiro atoms. The first-order valence-electron chi connectivity index (χ1n) is 6.10. The summed E-state index contributed by atoms with van der Waals surface area (Å²) in [5.41, 5.74) is -1.50. The molecule has 0 saturated carbocycles. The number of carbonyl (C=O) groups is 2. The first-order valence-corrected chi connectivity index (χ1v) is 6.10. The zero-order chi connectivity index (χ0) is 15.0. The van der Waals surface area contributed by atoms with Crippen molar-refractivity contribution in [1.82, 2.24) is 0 Å². The molecule has 108 valence electrons. The van der Waals surface area contributed by atoms with Crippen LogP contribution in [0.5, 0.6) is 0 Å². The lowest BCUT2D eigenvalue weighted by Gasteiger charge is -2.21. The molecule has 1 unspecified atom stereocenters. The number of hydrogen-bond acceptors (Lipinski definition) is 3. The van der Waals surface area contributed by atoms with Crippen LogP contribution in [0.2, 0.25) is 0 Å². The quantitative estimate of drug-likeness (QED) is 0.634. The Kier molecular flexibility index (Phi) is 3.58. The molecule has 1 aliphatic rings. The van der Waals surface area contributed by atoms with E-state index in [1.165, 1.54) is 19.1 Å². The van der Waals surface area contributed by atoms with Crippen LogP contribution < -0.4 is 0 Å². The SMILES string of the molecule is CC(=O)C1(Cc2ccc(C(F)(F)F)cc2)CCOC1=O. The van der Waals surface area contributed by atoms with Crippen LogP contribution in [0.3, 0.4) is 0 Å². The van der Waals surface area contributed by atoms with Crippen molar-refractivity contribution >= 4 is 11.8 Å². The molecule has 0 amide bonds. The summed E-state index contributed by atoms with van der Waals surface area (Å²) in [6, 6.07) is 4.48. The Hall–Kier alpha value is -1.85. The number of rotatable bonds is 3. The number of carbonyl (C=O) groups excluding carboxylic acids is 2. The van der Waals surface area contributed by atoms with E-state index < -0.39 is 23.1 Å². The third-order valence-corrected chi connectivity index (χ3v) is 3.61. The van der Waals surface area contributed by atoms with E-state index in [1.54, 1.807) is 0 Å². The predicted molar refractivity (Wildman–Crippen MR) is 63.8 cm³/mol. The minimum atomic E-state index is -4.40. The minimum Gasteiger partial charge on any atom is -0.465 e. The van der Waals surface area contributed by atoms with Crippen molar-refractivity contribution in [2.75, 3.05) is 6.61 Å². The fourth-order valence-corrected chi connectivity index (χ4v) is 2.32. The van der Waals surface area contributed by atoms with E-state index in [2.05, 4.69) is 0 Å². The van der Waals surface area contributed by atoms with Crippen LogP contribution in [0.15, 0.2) is 24.3 Å². The summed E-state index contributed by atoms with van der Waals surface area (Å²) in [6.45, 7) is 1.47. The van der Waals surface area contributed by atoms with E-state index in [1.807, 2.05) is 0 Å². The summed E-state index contributed by atoms with van der Waals surface area (Å²) in [4.78, 5) is 23.5. The molecule has 3 nitrogen and oxygen atoms in total. The van der Waals surface area contributed by atoms with Crippen LogP contribution in [0.4, 0.5) is 13.2 Å². The van der Waals surface area contributed by atoms with E-state index in [9.17, 15) is 22.8 Å². The van der Waals surface area contributed by atoms with Crippen LogP contribution in [-0.4, -0.2) is 18.4 Å². The summed E-state index contributed by atoms with van der Waals surface area (Å²) in [7, 11) is 0. The molecule has 0 aromatic heterocycles. The Bertz CT molecular complexity index is 534. The Morgan fingerprint density at radius 2 is 1.90 bits per heavy atom. The van der Waals surface area contributed by atoms with Gasteiger partial charge in [0.05, 0.1) is 12.2 Å². The highest BCUT2D eigenvalue weighted by Gasteiger charge is 2.48. The molecule has 0 aliphatic carbocycles. The zero-order valence-corrected chi connectivity index (χ0v) is 10.8. The van der Waals surface area contributed by atoms with Gasteiger partial charge in [-0.15, -0.1) is 0 Å². The van der Waals surface area contributed by atoms with Gasteiger partial charge in [-0.3, -0.25) is 9.59 Å². The summed E-state index contributed by atoms with van der Waals surface area (Å²) in [6.07, 6.45) is -4.06. The van der Waals surface area contributed by atoms with Crippen LogP contribution >= 0.6 is 0 Å². The van der Waals surface area contributed by atoms with Crippen molar-refractivity contribution in [3.05, 3.63) is 35.4 Å². The molecule has 1 aromatic carbocycles. The van der Waals surface area contributed by atoms with Gasteiger partial charge < -0.3 is 4.74 Å². The Morgan fingerprint density at radius 3 is 2.30 bits per heavy atom. The third kappa shape index (κ3) is 2.55. The fraction of sp³-hybridized carbons (Fsp3) is 0.429. The summed E-state index contributed by atoms with van der Waals surface area (Å²) >= 11 is 0. The Morgan fingerprint density at radius 1 is 1.30 bits per heavy atom. The molecule has 0 radical (unpaired) electrons. The predicted octanol–water partition coefficient (Wildman–Crippen LogP) is 2.77. The second-order valence-electron chi connectivity index (χ2n) is 4.90. The number of esters is 1. The summed E-state index contributed by atoms with van der Waals surface area (Å²) in [5, 5.41) is 0. The topological polar surface area (TPSA) is 43.4 Å². The number of hydrogen-bond donors (Lipinski definition) is 0. The van der Waals surface area contributed by atoms with E-state index in [4.69, 9.17) is 4.74 Å². The number of benzene rings is 1. The maximum absolute atomic E-state index is 12.5. The standard InChI is InChI=1S/C14H13F3O3/c1-9(18)13(6-7-20-12(13)19)8-10-2-4-11(5-3-10)14(15,16)17/h2-5H,6-8H2,1H3. The molecular weight excluding hydrogens is 273 g/mol. The molecule has 1 atom stereocenters. The monoisotopic (exact) mass is 286 g/mol. The first-order chi connectivity index (χ1) is 9.25. The van der Waals surface area contributed by atoms with Crippen molar-refractivity contribution in [3.8, 4) is 0 Å². The Labute approximate surface area is 113 Å². The van der Waals surface area contributed by atoms with Crippen molar-refractivity contribution in [2.24, 2.45) is 5.41 Å². The van der Waals surface area contributed by atoms with E-state index in [-0.39, 0.29) is 25.2 Å². The van der Waals surface area contributed by atoms with Gasteiger partial charge in [0, 0.05) is 6.42 Å². The highest BCUT2D eigenvalue weighted by molar-refractivity contribution is 6.04. The van der Waals surface area contributed by atoms with Gasteiger partial charge in [-0.05, 0) is 31.0 Å². The number of ketones is 1. The van der Waals surface area contributed by atoms with Gasteiger partial charge in [-0.25, -0.2) is 0 Å². The van der Waals surface area contributed by atoms with Crippen LogP contribution in [0, 0.1) is 5.41 Å². The largest absolute Gasteiger partial charge is 0.465 e. The van der Waals surface area contributed by atoms with Crippen molar-refractivity contribution in [3.63, 3.8) is 0 Å². The van der Waals surface area contributed by atoms with Crippen LogP contribution in [0.25, 0.3) is 0 Å². The van der Waals surface area contributed by atoms with E-state index in [0.29, 0.717) is 5.56 Å². The summed E-state index contributed by atoms with van der Waals surface area (Å²) < 4.78 is 42.2. The lowest BCUT2D eigenvalue weighted by Crippen LogP contribution is -2.36. The molecule has 1 aliphatic heterocycles. The molecule has 0 bridgehead atoms. The van der Waals surface area contributed by atoms with Gasteiger partial charge in [-0.2, -0.15) is 13.2 Å². The molecule has 6 heteroatoms. The van der Waals surface area contributed by atoms with Gasteiger partial charge in [0.15, 0.2) is 0 Å². The highest BCUT2D eigenvalue weighted by atomic mass is 19.4. The number of cyclic esters (lactones) is 1. The number of Topliss-reactive ketones (excluding diaryl/α,β-unsaturated/α-hetero) is 1. The number of halogens is 3. The van der Waals surface area contributed by atoms with E-state index in [0.717, 1.165) is 12.1 Å². The third-order valence-electron chi connectivity index (χ3n) is 3.61. The van der Waals surface area contributed by atoms with Crippen LogP contribution in [-0.2, 0) is 26.9 Å². The average Bonchev–Trinajstić information content (AvgIpc) is 2.71. The normalized spacial score (nSPS) is 22.7. The second kappa shape index (κ2) is 4.92. The molecule has 20 heavy (non-hydrogen) atoms.